The van der Waals surface area contributed by atoms with E-state index in [1.807, 2.05) is 51.1 Å². The van der Waals surface area contributed by atoms with Crippen molar-refractivity contribution in [1.29, 1.82) is 0 Å². The zero-order valence-corrected chi connectivity index (χ0v) is 14.3. The van der Waals surface area contributed by atoms with Crippen LogP contribution in [-0.4, -0.2) is 41.3 Å². The topological polar surface area (TPSA) is 67.9 Å². The normalized spacial score (nSPS) is 25.0. The molecular formula is C18H24N2O4. The molecule has 1 aromatic rings. The summed E-state index contributed by atoms with van der Waals surface area (Å²) in [5.74, 6) is 0.307. The number of ether oxygens (including phenoxy) is 2. The van der Waals surface area contributed by atoms with Crippen LogP contribution in [0, 0.1) is 5.92 Å². The first-order chi connectivity index (χ1) is 11.3. The molecule has 0 bridgehead atoms. The molecule has 130 valence electrons. The lowest BCUT2D eigenvalue weighted by atomic mass is 9.67. The van der Waals surface area contributed by atoms with Crippen LogP contribution < -0.4 is 5.32 Å². The first kappa shape index (κ1) is 16.6. The van der Waals surface area contributed by atoms with E-state index in [-0.39, 0.29) is 24.8 Å². The van der Waals surface area contributed by atoms with Crippen molar-refractivity contribution in [3.8, 4) is 0 Å². The van der Waals surface area contributed by atoms with Crippen molar-refractivity contribution >= 4 is 12.2 Å². The Morgan fingerprint density at radius 3 is 2.54 bits per heavy atom. The highest BCUT2D eigenvalue weighted by atomic mass is 16.6. The zero-order chi connectivity index (χ0) is 17.3. The van der Waals surface area contributed by atoms with E-state index < -0.39 is 11.7 Å². The summed E-state index contributed by atoms with van der Waals surface area (Å²) in [5.41, 5.74) is 0.473. The lowest BCUT2D eigenvalue weighted by Gasteiger charge is -2.59. The third-order valence-electron chi connectivity index (χ3n) is 4.46. The summed E-state index contributed by atoms with van der Waals surface area (Å²) in [4.78, 5) is 25.6. The van der Waals surface area contributed by atoms with E-state index in [9.17, 15) is 9.59 Å². The van der Waals surface area contributed by atoms with E-state index in [2.05, 4.69) is 5.32 Å². The van der Waals surface area contributed by atoms with Gasteiger partial charge in [-0.1, -0.05) is 30.3 Å². The van der Waals surface area contributed by atoms with E-state index >= 15 is 0 Å². The number of carbonyl (C=O) groups is 2. The van der Waals surface area contributed by atoms with E-state index in [0.29, 0.717) is 12.5 Å². The molecule has 0 aromatic heterocycles. The molecule has 1 aromatic carbocycles. The van der Waals surface area contributed by atoms with Crippen LogP contribution in [0.4, 0.5) is 9.59 Å². The van der Waals surface area contributed by atoms with E-state index in [4.69, 9.17) is 9.47 Å². The first-order valence-electron chi connectivity index (χ1n) is 8.30. The Hall–Kier alpha value is -2.24. The monoisotopic (exact) mass is 332 g/mol. The van der Waals surface area contributed by atoms with Gasteiger partial charge in [0.05, 0.1) is 0 Å². The number of amides is 2. The number of hydrogen-bond acceptors (Lipinski definition) is 4. The van der Waals surface area contributed by atoms with Crippen molar-refractivity contribution in [2.75, 3.05) is 6.54 Å². The minimum atomic E-state index is -0.500. The molecule has 0 spiro atoms. The minimum absolute atomic E-state index is 0.0861. The summed E-state index contributed by atoms with van der Waals surface area (Å²) in [5, 5.41) is 2.88. The maximum atomic E-state index is 12.1. The number of hydrogen-bond donors (Lipinski definition) is 1. The Kier molecular flexibility index (Phi) is 4.39. The molecule has 2 amide bonds. The van der Waals surface area contributed by atoms with Gasteiger partial charge in [0, 0.05) is 24.5 Å². The van der Waals surface area contributed by atoms with Crippen molar-refractivity contribution in [3.05, 3.63) is 35.9 Å². The smallest absolute Gasteiger partial charge is 0.410 e. The lowest BCUT2D eigenvalue weighted by molar-refractivity contribution is -0.0763. The molecule has 1 N–H and O–H groups in total. The van der Waals surface area contributed by atoms with Crippen LogP contribution >= 0.6 is 0 Å². The molecule has 2 fully saturated rings. The third kappa shape index (κ3) is 3.63. The largest absolute Gasteiger partial charge is 0.445 e. The summed E-state index contributed by atoms with van der Waals surface area (Å²) in [7, 11) is 0. The quantitative estimate of drug-likeness (QED) is 0.924. The number of carbonyl (C=O) groups excluding carboxylic acids is 2. The molecule has 1 aliphatic carbocycles. The number of benzene rings is 1. The number of rotatable bonds is 3. The molecule has 6 heteroatoms. The van der Waals surface area contributed by atoms with Crippen molar-refractivity contribution in [1.82, 2.24) is 10.2 Å². The predicted octanol–water partition coefficient (Wildman–Crippen LogP) is 2.92. The van der Waals surface area contributed by atoms with Gasteiger partial charge in [-0.15, -0.1) is 0 Å². The average molecular weight is 332 g/mol. The average Bonchev–Trinajstić information content (AvgIpc) is 2.49. The van der Waals surface area contributed by atoms with Gasteiger partial charge in [0.2, 0.25) is 0 Å². The number of nitrogens with one attached hydrogen (secondary N) is 1. The standard InChI is InChI=1S/C18H24N2O4/c1-18(2,3)24-16(21)19-14-9-15-13(14)10-20(15)17(22)23-11-12-7-5-4-6-8-12/h4-8,13-15H,9-11H2,1-3H3,(H,19,21)/t13?,14-,15+/m1/s1. The van der Waals surface area contributed by atoms with Gasteiger partial charge in [0.25, 0.3) is 0 Å². The molecule has 24 heavy (non-hydrogen) atoms. The first-order valence-corrected chi connectivity index (χ1v) is 8.30. The van der Waals surface area contributed by atoms with Gasteiger partial charge in [0.1, 0.15) is 12.2 Å². The molecule has 1 aliphatic heterocycles. The Bertz CT molecular complexity index is 611. The molecule has 2 aliphatic rings. The maximum absolute atomic E-state index is 12.1. The summed E-state index contributed by atoms with van der Waals surface area (Å²) in [6.07, 6.45) is 0.0801. The Morgan fingerprint density at radius 2 is 1.96 bits per heavy atom. The van der Waals surface area contributed by atoms with Gasteiger partial charge in [-0.2, -0.15) is 0 Å². The highest BCUT2D eigenvalue weighted by Gasteiger charge is 2.55. The number of alkyl carbamates (subject to hydrolysis) is 1. The van der Waals surface area contributed by atoms with Crippen LogP contribution in [0.2, 0.25) is 0 Å². The van der Waals surface area contributed by atoms with Gasteiger partial charge < -0.3 is 19.7 Å². The molecule has 3 atom stereocenters. The predicted molar refractivity (Wildman–Crippen MR) is 88.4 cm³/mol. The third-order valence-corrected chi connectivity index (χ3v) is 4.46. The molecule has 1 unspecified atom stereocenters. The van der Waals surface area contributed by atoms with E-state index in [0.717, 1.165) is 12.0 Å². The van der Waals surface area contributed by atoms with Crippen LogP contribution in [0.25, 0.3) is 0 Å². The summed E-state index contributed by atoms with van der Waals surface area (Å²) in [6.45, 7) is 6.42. The summed E-state index contributed by atoms with van der Waals surface area (Å²) in [6, 6.07) is 9.88. The highest BCUT2D eigenvalue weighted by molar-refractivity contribution is 5.71. The van der Waals surface area contributed by atoms with Crippen LogP contribution in [0.15, 0.2) is 30.3 Å². The fourth-order valence-electron chi connectivity index (χ4n) is 3.15. The van der Waals surface area contributed by atoms with Gasteiger partial charge in [-0.05, 0) is 32.8 Å². The number of nitrogens with zero attached hydrogens (tertiary/aromatic N) is 1. The van der Waals surface area contributed by atoms with E-state index in [1.54, 1.807) is 4.90 Å². The maximum Gasteiger partial charge on any atom is 0.410 e. The van der Waals surface area contributed by atoms with Gasteiger partial charge in [-0.3, -0.25) is 0 Å². The van der Waals surface area contributed by atoms with Crippen molar-refractivity contribution in [3.63, 3.8) is 0 Å². The van der Waals surface area contributed by atoms with E-state index in [1.165, 1.54) is 0 Å². The SMILES string of the molecule is CC(C)(C)OC(=O)N[C@@H]1C[C@H]2C1CN2C(=O)OCc1ccccc1. The second-order valence-electron chi connectivity index (χ2n) is 7.41. The Balaban J connectivity index is 1.39. The number of piperidine rings is 1. The number of likely N-dealkylation sites (tertiary alicyclic amines) is 1. The van der Waals surface area contributed by atoms with Crippen molar-refractivity contribution < 1.29 is 19.1 Å². The fraction of sp³-hybridized carbons (Fsp3) is 0.556. The molecule has 6 nitrogen and oxygen atoms in total. The Labute approximate surface area is 142 Å². The van der Waals surface area contributed by atoms with Crippen molar-refractivity contribution in [2.24, 2.45) is 5.92 Å². The molecular weight excluding hydrogens is 308 g/mol. The molecule has 1 saturated heterocycles. The lowest BCUT2D eigenvalue weighted by Crippen LogP contribution is -2.73. The van der Waals surface area contributed by atoms with Gasteiger partial charge in [0.15, 0.2) is 0 Å². The molecule has 0 radical (unpaired) electrons. The zero-order valence-electron chi connectivity index (χ0n) is 14.3. The second-order valence-corrected chi connectivity index (χ2v) is 7.41. The molecule has 1 heterocycles. The second kappa shape index (κ2) is 6.34. The molecule has 3 rings (SSSR count). The van der Waals surface area contributed by atoms with Crippen LogP contribution in [-0.2, 0) is 16.1 Å². The van der Waals surface area contributed by atoms with Crippen LogP contribution in [0.5, 0.6) is 0 Å². The van der Waals surface area contributed by atoms with Gasteiger partial charge in [-0.25, -0.2) is 9.59 Å². The van der Waals surface area contributed by atoms with Crippen LogP contribution in [0.3, 0.4) is 0 Å². The van der Waals surface area contributed by atoms with Crippen LogP contribution in [0.1, 0.15) is 32.8 Å². The summed E-state index contributed by atoms with van der Waals surface area (Å²) < 4.78 is 10.6. The van der Waals surface area contributed by atoms with Crippen molar-refractivity contribution in [2.45, 2.75) is 51.5 Å². The number of fused-ring (bicyclic) bond motifs is 1. The fourth-order valence-corrected chi connectivity index (χ4v) is 3.15. The minimum Gasteiger partial charge on any atom is -0.445 e. The van der Waals surface area contributed by atoms with Gasteiger partial charge >= 0.3 is 12.2 Å². The molecule has 1 saturated carbocycles. The summed E-state index contributed by atoms with van der Waals surface area (Å²) >= 11 is 0. The highest BCUT2D eigenvalue weighted by Crippen LogP contribution is 2.42. The Morgan fingerprint density at radius 1 is 1.25 bits per heavy atom.